The zero-order valence-corrected chi connectivity index (χ0v) is 22.8. The molecule has 8 nitrogen and oxygen atoms in total. The second kappa shape index (κ2) is 15.0. The molecule has 1 aliphatic rings. The van der Waals surface area contributed by atoms with Crippen molar-refractivity contribution in [2.45, 2.75) is 70.4 Å². The standard InChI is InChI=1S/C30H39FO8/c1-19(2)25-18-26(37-14-15-39-28-6-4-5-13-38-28)30(36-3)29(20-7-9-21(31)10-8-20)24(25)12-11-22(32)16-23(33)17-27(34)35/h7-12,18-19,22-23,28,32-33H,4-6,13-17H2,1-3H3,(H,34,35). The monoisotopic (exact) mass is 546 g/mol. The van der Waals surface area contributed by atoms with Gasteiger partial charge < -0.3 is 34.3 Å². The van der Waals surface area contributed by atoms with Crippen LogP contribution in [0.5, 0.6) is 11.5 Å². The summed E-state index contributed by atoms with van der Waals surface area (Å²) in [6.07, 6.45) is 3.12. The predicted octanol–water partition coefficient (Wildman–Crippen LogP) is 5.15. The third-order valence-electron chi connectivity index (χ3n) is 6.47. The maximum Gasteiger partial charge on any atom is 0.305 e. The fourth-order valence-corrected chi connectivity index (χ4v) is 4.57. The van der Waals surface area contributed by atoms with Crippen LogP contribution >= 0.6 is 0 Å². The Kier molecular flexibility index (Phi) is 11.7. The molecule has 214 valence electrons. The van der Waals surface area contributed by atoms with Gasteiger partial charge in [0.25, 0.3) is 0 Å². The SMILES string of the molecule is COc1c(OCCOC2CCCCO2)cc(C(C)C)c(C=CC(O)CC(O)CC(=O)O)c1-c1ccc(F)cc1. The smallest absolute Gasteiger partial charge is 0.305 e. The first-order valence-corrected chi connectivity index (χ1v) is 13.3. The van der Waals surface area contributed by atoms with Crippen LogP contribution < -0.4 is 9.47 Å². The first kappa shape index (κ1) is 30.6. The molecule has 39 heavy (non-hydrogen) atoms. The Morgan fingerprint density at radius 1 is 1.18 bits per heavy atom. The first-order valence-electron chi connectivity index (χ1n) is 13.3. The van der Waals surface area contributed by atoms with Crippen LogP contribution in [0.15, 0.2) is 36.4 Å². The molecule has 0 amide bonds. The van der Waals surface area contributed by atoms with Crippen molar-refractivity contribution in [3.63, 3.8) is 0 Å². The first-order chi connectivity index (χ1) is 18.7. The molecule has 0 spiro atoms. The van der Waals surface area contributed by atoms with Crippen molar-refractivity contribution in [2.75, 3.05) is 26.9 Å². The van der Waals surface area contributed by atoms with E-state index in [2.05, 4.69) is 0 Å². The molecule has 3 atom stereocenters. The number of hydrogen-bond donors (Lipinski definition) is 3. The summed E-state index contributed by atoms with van der Waals surface area (Å²) in [6.45, 7) is 5.34. The highest BCUT2D eigenvalue weighted by molar-refractivity contribution is 5.85. The molecule has 3 rings (SSSR count). The van der Waals surface area contributed by atoms with Gasteiger partial charge >= 0.3 is 5.97 Å². The van der Waals surface area contributed by atoms with E-state index < -0.39 is 24.6 Å². The van der Waals surface area contributed by atoms with Crippen molar-refractivity contribution in [3.05, 3.63) is 53.4 Å². The zero-order valence-electron chi connectivity index (χ0n) is 22.8. The number of carbonyl (C=O) groups is 1. The van der Waals surface area contributed by atoms with Gasteiger partial charge in [0.05, 0.1) is 32.3 Å². The summed E-state index contributed by atoms with van der Waals surface area (Å²) in [4.78, 5) is 10.9. The van der Waals surface area contributed by atoms with Crippen LogP contribution in [0.4, 0.5) is 4.39 Å². The minimum atomic E-state index is -1.19. The number of methoxy groups -OCH3 is 1. The van der Waals surface area contributed by atoms with Crippen molar-refractivity contribution in [3.8, 4) is 22.6 Å². The lowest BCUT2D eigenvalue weighted by atomic mass is 9.88. The van der Waals surface area contributed by atoms with Gasteiger partial charge in [0, 0.05) is 18.6 Å². The summed E-state index contributed by atoms with van der Waals surface area (Å²) in [6, 6.07) is 7.91. The number of carboxylic acids is 1. The second-order valence-electron chi connectivity index (χ2n) is 9.88. The lowest BCUT2D eigenvalue weighted by Gasteiger charge is -2.24. The Hall–Kier alpha value is -2.98. The molecule has 2 aromatic rings. The van der Waals surface area contributed by atoms with Crippen LogP contribution in [0, 0.1) is 5.82 Å². The maximum absolute atomic E-state index is 13.8. The summed E-state index contributed by atoms with van der Waals surface area (Å²) in [5.74, 6) is -0.533. The average molecular weight is 547 g/mol. The summed E-state index contributed by atoms with van der Waals surface area (Å²) < 4.78 is 37.2. The van der Waals surface area contributed by atoms with E-state index in [1.807, 2.05) is 19.9 Å². The van der Waals surface area contributed by atoms with E-state index in [1.165, 1.54) is 25.3 Å². The zero-order chi connectivity index (χ0) is 28.4. The molecular formula is C30H39FO8. The number of aliphatic carboxylic acids is 1. The fraction of sp³-hybridized carbons (Fsp3) is 0.500. The lowest BCUT2D eigenvalue weighted by molar-refractivity contribution is -0.165. The van der Waals surface area contributed by atoms with E-state index >= 15 is 0 Å². The van der Waals surface area contributed by atoms with Crippen LogP contribution in [0.1, 0.15) is 63.0 Å². The third kappa shape index (κ3) is 9.03. The normalized spacial score (nSPS) is 17.4. The third-order valence-corrected chi connectivity index (χ3v) is 6.47. The van der Waals surface area contributed by atoms with E-state index in [0.717, 1.165) is 30.4 Å². The number of halogens is 1. The van der Waals surface area contributed by atoms with Crippen LogP contribution in [-0.4, -0.2) is 66.7 Å². The molecule has 2 aromatic carbocycles. The molecule has 0 bridgehead atoms. The van der Waals surface area contributed by atoms with Crippen molar-refractivity contribution < 1.29 is 43.5 Å². The summed E-state index contributed by atoms with van der Waals surface area (Å²) in [5.41, 5.74) is 2.98. The van der Waals surface area contributed by atoms with Crippen molar-refractivity contribution >= 4 is 12.0 Å². The van der Waals surface area contributed by atoms with Crippen molar-refractivity contribution in [1.29, 1.82) is 0 Å². The van der Waals surface area contributed by atoms with E-state index in [1.54, 1.807) is 18.2 Å². The molecule has 1 aliphatic heterocycles. The van der Waals surface area contributed by atoms with Gasteiger partial charge in [0.1, 0.15) is 12.4 Å². The number of hydrogen-bond acceptors (Lipinski definition) is 7. The van der Waals surface area contributed by atoms with Gasteiger partial charge in [0.2, 0.25) is 0 Å². The Bertz CT molecular complexity index is 1090. The Labute approximate surface area is 229 Å². The van der Waals surface area contributed by atoms with Gasteiger partial charge in [-0.1, -0.05) is 38.1 Å². The number of aliphatic hydroxyl groups is 2. The van der Waals surface area contributed by atoms with Crippen LogP contribution in [-0.2, 0) is 14.3 Å². The molecule has 0 saturated carbocycles. The molecule has 3 unspecified atom stereocenters. The molecule has 0 aliphatic carbocycles. The highest BCUT2D eigenvalue weighted by atomic mass is 19.1. The molecule has 1 saturated heterocycles. The predicted molar refractivity (Wildman–Crippen MR) is 145 cm³/mol. The number of rotatable bonds is 14. The number of ether oxygens (including phenoxy) is 4. The Morgan fingerprint density at radius 3 is 2.54 bits per heavy atom. The topological polar surface area (TPSA) is 115 Å². The highest BCUT2D eigenvalue weighted by Crippen LogP contribution is 2.45. The summed E-state index contributed by atoms with van der Waals surface area (Å²) in [7, 11) is 1.53. The van der Waals surface area contributed by atoms with Gasteiger partial charge in [-0.05, 0) is 60.1 Å². The number of benzene rings is 2. The minimum Gasteiger partial charge on any atom is -0.492 e. The van der Waals surface area contributed by atoms with Crippen LogP contribution in [0.25, 0.3) is 17.2 Å². The van der Waals surface area contributed by atoms with Gasteiger partial charge in [-0.2, -0.15) is 0 Å². The summed E-state index contributed by atoms with van der Waals surface area (Å²) in [5, 5.41) is 29.3. The second-order valence-corrected chi connectivity index (χ2v) is 9.88. The van der Waals surface area contributed by atoms with Gasteiger partial charge in [-0.3, -0.25) is 4.79 Å². The molecule has 9 heteroatoms. The Balaban J connectivity index is 1.95. The summed E-state index contributed by atoms with van der Waals surface area (Å²) >= 11 is 0. The van der Waals surface area contributed by atoms with E-state index in [4.69, 9.17) is 24.1 Å². The van der Waals surface area contributed by atoms with Gasteiger partial charge in [-0.15, -0.1) is 0 Å². The van der Waals surface area contributed by atoms with Crippen molar-refractivity contribution in [1.82, 2.24) is 0 Å². The highest BCUT2D eigenvalue weighted by Gasteiger charge is 2.23. The van der Waals surface area contributed by atoms with E-state index in [0.29, 0.717) is 35.8 Å². The van der Waals surface area contributed by atoms with E-state index in [9.17, 15) is 19.4 Å². The van der Waals surface area contributed by atoms with E-state index in [-0.39, 0.29) is 31.1 Å². The lowest BCUT2D eigenvalue weighted by Crippen LogP contribution is -2.24. The fourth-order valence-electron chi connectivity index (χ4n) is 4.57. The molecule has 0 radical (unpaired) electrons. The quantitative estimate of drug-likeness (QED) is 0.279. The maximum atomic E-state index is 13.8. The molecule has 3 N–H and O–H groups in total. The van der Waals surface area contributed by atoms with Gasteiger partial charge in [-0.25, -0.2) is 4.39 Å². The number of carboxylic acid groups (broad SMARTS) is 1. The average Bonchev–Trinajstić information content (AvgIpc) is 2.90. The molecular weight excluding hydrogens is 507 g/mol. The van der Waals surface area contributed by atoms with Crippen LogP contribution in [0.2, 0.25) is 0 Å². The largest absolute Gasteiger partial charge is 0.492 e. The molecule has 0 aromatic heterocycles. The van der Waals surface area contributed by atoms with Crippen molar-refractivity contribution in [2.24, 2.45) is 0 Å². The molecule has 1 fully saturated rings. The van der Waals surface area contributed by atoms with Gasteiger partial charge in [0.15, 0.2) is 17.8 Å². The molecule has 1 heterocycles. The minimum absolute atomic E-state index is 0.0405. The number of aliphatic hydroxyl groups excluding tert-OH is 2. The Morgan fingerprint density at radius 2 is 1.92 bits per heavy atom. The van der Waals surface area contributed by atoms with Crippen LogP contribution in [0.3, 0.4) is 0 Å².